The predicted molar refractivity (Wildman–Crippen MR) is 93.2 cm³/mol. The minimum absolute atomic E-state index is 0.0447. The van der Waals surface area contributed by atoms with Gasteiger partial charge in [0.05, 0.1) is 16.4 Å². The van der Waals surface area contributed by atoms with Crippen molar-refractivity contribution in [2.75, 3.05) is 0 Å². The first kappa shape index (κ1) is 14.6. The van der Waals surface area contributed by atoms with E-state index in [1.807, 2.05) is 6.92 Å². The Balaban J connectivity index is 2.04. The zero-order valence-electron chi connectivity index (χ0n) is 11.9. The Morgan fingerprint density at radius 3 is 2.90 bits per heavy atom. The number of hydrogen-bond donors (Lipinski definition) is 0. The Bertz CT molecular complexity index is 620. The second-order valence-electron chi connectivity index (χ2n) is 6.00. The molecule has 1 aliphatic rings. The van der Waals surface area contributed by atoms with Crippen molar-refractivity contribution in [2.24, 2.45) is 11.8 Å². The third-order valence-electron chi connectivity index (χ3n) is 4.55. The van der Waals surface area contributed by atoms with Gasteiger partial charge in [0, 0.05) is 10.1 Å². The van der Waals surface area contributed by atoms with Gasteiger partial charge in [-0.2, -0.15) is 0 Å². The van der Waals surface area contributed by atoms with Crippen LogP contribution in [0.4, 0.5) is 0 Å². The molecule has 2 aromatic rings. The van der Waals surface area contributed by atoms with Gasteiger partial charge >= 0.3 is 0 Å². The minimum atomic E-state index is -0.0447. The minimum Gasteiger partial charge on any atom is -0.326 e. The molecule has 108 valence electrons. The summed E-state index contributed by atoms with van der Waals surface area (Å²) in [5, 5.41) is -0.0447. The van der Waals surface area contributed by atoms with E-state index in [2.05, 4.69) is 52.3 Å². The second kappa shape index (κ2) is 5.84. The van der Waals surface area contributed by atoms with Crippen LogP contribution in [0, 0.1) is 15.4 Å². The van der Waals surface area contributed by atoms with Crippen molar-refractivity contribution in [1.82, 2.24) is 9.55 Å². The lowest BCUT2D eigenvalue weighted by Gasteiger charge is -2.19. The van der Waals surface area contributed by atoms with Gasteiger partial charge in [-0.05, 0) is 66.0 Å². The van der Waals surface area contributed by atoms with Crippen LogP contribution in [-0.4, -0.2) is 9.55 Å². The van der Waals surface area contributed by atoms with Crippen LogP contribution in [0.25, 0.3) is 11.0 Å². The molecule has 1 saturated carbocycles. The van der Waals surface area contributed by atoms with E-state index in [0.29, 0.717) is 0 Å². The standard InChI is InChI=1S/C16H20ClIN2/c1-10-4-3-5-12(10)9-20-15-7-6-13(18)8-14(15)19-16(20)11(2)17/h6-8,10-12H,3-5,9H2,1-2H3. The molecule has 1 aromatic carbocycles. The molecule has 3 rings (SSSR count). The van der Waals surface area contributed by atoms with Crippen LogP contribution in [0.3, 0.4) is 0 Å². The third-order valence-corrected chi connectivity index (χ3v) is 5.42. The zero-order chi connectivity index (χ0) is 14.3. The highest BCUT2D eigenvalue weighted by Gasteiger charge is 2.26. The van der Waals surface area contributed by atoms with Gasteiger partial charge in [0.2, 0.25) is 0 Å². The maximum atomic E-state index is 6.36. The smallest absolute Gasteiger partial charge is 0.127 e. The van der Waals surface area contributed by atoms with Crippen molar-refractivity contribution in [3.05, 3.63) is 27.6 Å². The topological polar surface area (TPSA) is 17.8 Å². The van der Waals surface area contributed by atoms with E-state index in [1.165, 1.54) is 28.3 Å². The number of halogens is 2. The average Bonchev–Trinajstić information content (AvgIpc) is 2.95. The summed E-state index contributed by atoms with van der Waals surface area (Å²) in [6.45, 7) is 5.45. The van der Waals surface area contributed by atoms with Crippen molar-refractivity contribution in [1.29, 1.82) is 0 Å². The second-order valence-corrected chi connectivity index (χ2v) is 7.90. The van der Waals surface area contributed by atoms with Gasteiger partial charge in [-0.25, -0.2) is 4.98 Å². The molecule has 0 N–H and O–H groups in total. The van der Waals surface area contributed by atoms with Crippen molar-refractivity contribution in [3.63, 3.8) is 0 Å². The van der Waals surface area contributed by atoms with Gasteiger partial charge in [-0.15, -0.1) is 11.6 Å². The lowest BCUT2D eigenvalue weighted by Crippen LogP contribution is -2.15. The molecule has 0 aliphatic heterocycles. The summed E-state index contributed by atoms with van der Waals surface area (Å²) < 4.78 is 3.58. The molecule has 0 amide bonds. The maximum absolute atomic E-state index is 6.36. The number of rotatable bonds is 3. The van der Waals surface area contributed by atoms with E-state index in [1.54, 1.807) is 0 Å². The summed E-state index contributed by atoms with van der Waals surface area (Å²) >= 11 is 8.69. The summed E-state index contributed by atoms with van der Waals surface area (Å²) in [4.78, 5) is 4.77. The van der Waals surface area contributed by atoms with Crippen LogP contribution in [0.5, 0.6) is 0 Å². The fourth-order valence-electron chi connectivity index (χ4n) is 3.35. The normalized spacial score (nSPS) is 24.4. The summed E-state index contributed by atoms with van der Waals surface area (Å²) in [6, 6.07) is 6.49. The first-order valence-corrected chi connectivity index (χ1v) is 8.87. The highest BCUT2D eigenvalue weighted by atomic mass is 127. The molecular weight excluding hydrogens is 383 g/mol. The number of nitrogens with zero attached hydrogens (tertiary/aromatic N) is 2. The quantitative estimate of drug-likeness (QED) is 0.498. The summed E-state index contributed by atoms with van der Waals surface area (Å²) in [5.74, 6) is 2.60. The molecule has 1 aliphatic carbocycles. The molecule has 20 heavy (non-hydrogen) atoms. The summed E-state index contributed by atoms with van der Waals surface area (Å²) in [6.07, 6.45) is 4.06. The highest BCUT2D eigenvalue weighted by molar-refractivity contribution is 14.1. The molecular formula is C16H20ClIN2. The fraction of sp³-hybridized carbons (Fsp3) is 0.562. The fourth-order valence-corrected chi connectivity index (χ4v) is 3.99. The highest BCUT2D eigenvalue weighted by Crippen LogP contribution is 2.35. The first-order chi connectivity index (χ1) is 9.56. The van der Waals surface area contributed by atoms with Gasteiger partial charge < -0.3 is 4.57 Å². The van der Waals surface area contributed by atoms with E-state index in [9.17, 15) is 0 Å². The zero-order valence-corrected chi connectivity index (χ0v) is 14.9. The lowest BCUT2D eigenvalue weighted by atomic mass is 9.98. The van der Waals surface area contributed by atoms with Crippen molar-refractivity contribution in [2.45, 2.75) is 45.0 Å². The SMILES string of the molecule is CC(Cl)c1nc2cc(I)ccc2n1CC1CCCC1C. The Labute approximate surface area is 139 Å². The van der Waals surface area contributed by atoms with E-state index in [-0.39, 0.29) is 5.38 Å². The number of alkyl halides is 1. The Hall–Kier alpha value is -0.290. The molecule has 4 heteroatoms. The number of hydrogen-bond acceptors (Lipinski definition) is 1. The molecule has 1 fully saturated rings. The van der Waals surface area contributed by atoms with Gasteiger partial charge in [0.15, 0.2) is 0 Å². The van der Waals surface area contributed by atoms with E-state index >= 15 is 0 Å². The van der Waals surface area contributed by atoms with Crippen LogP contribution >= 0.6 is 34.2 Å². The molecule has 0 radical (unpaired) electrons. The Morgan fingerprint density at radius 2 is 2.25 bits per heavy atom. The third kappa shape index (κ3) is 2.71. The van der Waals surface area contributed by atoms with Crippen LogP contribution in [0.15, 0.2) is 18.2 Å². The average molecular weight is 403 g/mol. The largest absolute Gasteiger partial charge is 0.326 e. The van der Waals surface area contributed by atoms with Crippen molar-refractivity contribution in [3.8, 4) is 0 Å². The summed E-state index contributed by atoms with van der Waals surface area (Å²) in [5.41, 5.74) is 2.30. The first-order valence-electron chi connectivity index (χ1n) is 7.36. The Kier molecular flexibility index (Phi) is 4.27. The maximum Gasteiger partial charge on any atom is 0.127 e. The molecule has 3 unspecified atom stereocenters. The van der Waals surface area contributed by atoms with Crippen LogP contribution < -0.4 is 0 Å². The number of imidazole rings is 1. The molecule has 1 aromatic heterocycles. The van der Waals surface area contributed by atoms with E-state index in [4.69, 9.17) is 16.6 Å². The molecule has 0 spiro atoms. The van der Waals surface area contributed by atoms with Crippen molar-refractivity contribution >= 4 is 45.2 Å². The molecule has 3 atom stereocenters. The van der Waals surface area contributed by atoms with Gasteiger partial charge in [0.25, 0.3) is 0 Å². The number of aromatic nitrogens is 2. The van der Waals surface area contributed by atoms with E-state index < -0.39 is 0 Å². The molecule has 0 bridgehead atoms. The lowest BCUT2D eigenvalue weighted by molar-refractivity contribution is 0.363. The Morgan fingerprint density at radius 1 is 1.45 bits per heavy atom. The molecule has 1 heterocycles. The summed E-state index contributed by atoms with van der Waals surface area (Å²) in [7, 11) is 0. The van der Waals surface area contributed by atoms with Gasteiger partial charge in [-0.1, -0.05) is 19.8 Å². The predicted octanol–water partition coefficient (Wildman–Crippen LogP) is 5.38. The molecule has 2 nitrogen and oxygen atoms in total. The number of fused-ring (bicyclic) bond motifs is 1. The number of benzene rings is 1. The van der Waals surface area contributed by atoms with Crippen LogP contribution in [0.1, 0.15) is 44.3 Å². The van der Waals surface area contributed by atoms with Gasteiger partial charge in [-0.3, -0.25) is 0 Å². The monoisotopic (exact) mass is 402 g/mol. The van der Waals surface area contributed by atoms with Crippen LogP contribution in [-0.2, 0) is 6.54 Å². The van der Waals surface area contributed by atoms with Crippen LogP contribution in [0.2, 0.25) is 0 Å². The molecule has 0 saturated heterocycles. The van der Waals surface area contributed by atoms with Gasteiger partial charge in [0.1, 0.15) is 5.82 Å². The van der Waals surface area contributed by atoms with Crippen molar-refractivity contribution < 1.29 is 0 Å². The van der Waals surface area contributed by atoms with E-state index in [0.717, 1.165) is 29.7 Å².